The lowest BCUT2D eigenvalue weighted by atomic mass is 10.1. The summed E-state index contributed by atoms with van der Waals surface area (Å²) in [6.45, 7) is 0.298. The number of nitrogens with zero attached hydrogens (tertiary/aromatic N) is 1. The fourth-order valence-corrected chi connectivity index (χ4v) is 3.66. The molecule has 0 atom stereocenters. The number of para-hydroxylation sites is 3. The first-order valence-corrected chi connectivity index (χ1v) is 10.2. The van der Waals surface area contributed by atoms with Gasteiger partial charge in [0, 0.05) is 30.1 Å². The number of furan rings is 2. The molecule has 2 aromatic heterocycles. The van der Waals surface area contributed by atoms with Gasteiger partial charge < -0.3 is 19.1 Å². The zero-order valence-electron chi connectivity index (χ0n) is 17.4. The van der Waals surface area contributed by atoms with Gasteiger partial charge in [0.2, 0.25) is 0 Å². The number of carbonyl (C=O) groups excluding carboxylic acids is 2. The zero-order chi connectivity index (χ0) is 22.1. The summed E-state index contributed by atoms with van der Waals surface area (Å²) in [6.07, 6.45) is 0. The number of benzene rings is 3. The van der Waals surface area contributed by atoms with Gasteiger partial charge >= 0.3 is 0 Å². The predicted molar refractivity (Wildman–Crippen MR) is 123 cm³/mol. The molecule has 5 rings (SSSR count). The van der Waals surface area contributed by atoms with E-state index in [1.54, 1.807) is 30.1 Å². The number of anilines is 1. The van der Waals surface area contributed by atoms with Gasteiger partial charge in [-0.3, -0.25) is 9.59 Å². The van der Waals surface area contributed by atoms with Gasteiger partial charge in [-0.05, 0) is 35.9 Å². The summed E-state index contributed by atoms with van der Waals surface area (Å²) in [6, 6.07) is 25.8. The van der Waals surface area contributed by atoms with Crippen LogP contribution in [-0.2, 0) is 6.54 Å². The third-order valence-corrected chi connectivity index (χ3v) is 5.31. The molecule has 0 spiro atoms. The molecule has 2 amide bonds. The third-order valence-electron chi connectivity index (χ3n) is 5.31. The van der Waals surface area contributed by atoms with E-state index in [-0.39, 0.29) is 23.3 Å². The van der Waals surface area contributed by atoms with Crippen LogP contribution in [0.4, 0.5) is 5.69 Å². The van der Waals surface area contributed by atoms with Crippen molar-refractivity contribution in [3.8, 4) is 0 Å². The SMILES string of the molecule is CN(Cc1ccccc1NC(=O)c1cc2ccccc2o1)C(=O)c1cc2ccccc2o1. The highest BCUT2D eigenvalue weighted by Crippen LogP contribution is 2.24. The molecule has 0 aliphatic heterocycles. The highest BCUT2D eigenvalue weighted by Gasteiger charge is 2.19. The summed E-state index contributed by atoms with van der Waals surface area (Å²) in [5.74, 6) is -0.0790. The first-order valence-electron chi connectivity index (χ1n) is 10.2. The molecule has 0 radical (unpaired) electrons. The molecule has 3 aromatic carbocycles. The van der Waals surface area contributed by atoms with Gasteiger partial charge in [0.25, 0.3) is 11.8 Å². The van der Waals surface area contributed by atoms with Gasteiger partial charge in [-0.2, -0.15) is 0 Å². The van der Waals surface area contributed by atoms with Crippen LogP contribution in [0, 0.1) is 0 Å². The summed E-state index contributed by atoms with van der Waals surface area (Å²) in [7, 11) is 1.70. The van der Waals surface area contributed by atoms with Gasteiger partial charge in [0.15, 0.2) is 11.5 Å². The fourth-order valence-electron chi connectivity index (χ4n) is 3.66. The second kappa shape index (κ2) is 8.07. The smallest absolute Gasteiger partial charge is 0.291 e. The second-order valence-corrected chi connectivity index (χ2v) is 7.57. The molecular weight excluding hydrogens is 404 g/mol. The molecular formula is C26H20N2O4. The summed E-state index contributed by atoms with van der Waals surface area (Å²) >= 11 is 0. The van der Waals surface area contributed by atoms with Crippen LogP contribution in [-0.4, -0.2) is 23.8 Å². The number of hydrogen-bond acceptors (Lipinski definition) is 4. The molecule has 0 fully saturated rings. The number of amides is 2. The van der Waals surface area contributed by atoms with Crippen molar-refractivity contribution in [3.63, 3.8) is 0 Å². The van der Waals surface area contributed by atoms with Gasteiger partial charge in [-0.15, -0.1) is 0 Å². The van der Waals surface area contributed by atoms with E-state index < -0.39 is 0 Å². The molecule has 0 unspecified atom stereocenters. The van der Waals surface area contributed by atoms with Crippen molar-refractivity contribution in [2.24, 2.45) is 0 Å². The molecule has 0 aliphatic rings. The molecule has 158 valence electrons. The van der Waals surface area contributed by atoms with Gasteiger partial charge in [-0.1, -0.05) is 54.6 Å². The molecule has 0 saturated heterocycles. The standard InChI is InChI=1S/C26H20N2O4/c1-28(26(30)24-15-18-9-4-7-13-22(18)32-24)16-19-10-2-5-11-20(19)27-25(29)23-14-17-8-3-6-12-21(17)31-23/h2-15H,16H2,1H3,(H,27,29). The Morgan fingerprint density at radius 3 is 2.03 bits per heavy atom. The molecule has 0 aliphatic carbocycles. The monoisotopic (exact) mass is 424 g/mol. The van der Waals surface area contributed by atoms with E-state index in [1.165, 1.54) is 0 Å². The van der Waals surface area contributed by atoms with Crippen molar-refractivity contribution in [1.29, 1.82) is 0 Å². The van der Waals surface area contributed by atoms with Gasteiger partial charge in [0.1, 0.15) is 11.2 Å². The van der Waals surface area contributed by atoms with Gasteiger partial charge in [0.05, 0.1) is 0 Å². The van der Waals surface area contributed by atoms with Crippen LogP contribution in [0.2, 0.25) is 0 Å². The maximum atomic E-state index is 12.9. The average Bonchev–Trinajstić information content (AvgIpc) is 3.44. The van der Waals surface area contributed by atoms with Crippen molar-refractivity contribution >= 4 is 39.4 Å². The largest absolute Gasteiger partial charge is 0.451 e. The Labute approximate surface area is 184 Å². The Morgan fingerprint density at radius 2 is 1.34 bits per heavy atom. The molecule has 1 N–H and O–H groups in total. The van der Waals surface area contributed by atoms with Crippen molar-refractivity contribution in [2.75, 3.05) is 12.4 Å². The van der Waals surface area contributed by atoms with E-state index in [0.29, 0.717) is 23.4 Å². The van der Waals surface area contributed by atoms with Crippen LogP contribution in [0.3, 0.4) is 0 Å². The minimum atomic E-state index is -0.347. The summed E-state index contributed by atoms with van der Waals surface area (Å²) in [5, 5.41) is 4.64. The minimum Gasteiger partial charge on any atom is -0.451 e. The van der Waals surface area contributed by atoms with Crippen LogP contribution in [0.25, 0.3) is 21.9 Å². The average molecular weight is 424 g/mol. The molecule has 32 heavy (non-hydrogen) atoms. The number of hydrogen-bond donors (Lipinski definition) is 1. The van der Waals surface area contributed by atoms with Gasteiger partial charge in [-0.25, -0.2) is 0 Å². The molecule has 6 heteroatoms. The Balaban J connectivity index is 1.34. The third kappa shape index (κ3) is 3.74. The highest BCUT2D eigenvalue weighted by molar-refractivity contribution is 6.05. The fraction of sp³-hybridized carbons (Fsp3) is 0.0769. The van der Waals surface area contributed by atoms with E-state index >= 15 is 0 Å². The van der Waals surface area contributed by atoms with Crippen LogP contribution in [0.15, 0.2) is 93.8 Å². The summed E-state index contributed by atoms with van der Waals surface area (Å²) in [4.78, 5) is 27.2. The van der Waals surface area contributed by atoms with E-state index in [2.05, 4.69) is 5.32 Å². The number of carbonyl (C=O) groups is 2. The quantitative estimate of drug-likeness (QED) is 0.392. The molecule has 6 nitrogen and oxygen atoms in total. The first-order chi connectivity index (χ1) is 15.6. The van der Waals surface area contributed by atoms with Crippen LogP contribution in [0.1, 0.15) is 26.7 Å². The molecule has 0 bridgehead atoms. The Hall–Kier alpha value is -4.32. The number of rotatable bonds is 5. The molecule has 5 aromatic rings. The zero-order valence-corrected chi connectivity index (χ0v) is 17.4. The Bertz CT molecular complexity index is 1380. The number of fused-ring (bicyclic) bond motifs is 2. The lowest BCUT2D eigenvalue weighted by Crippen LogP contribution is -2.26. The van der Waals surface area contributed by atoms with Crippen molar-refractivity contribution in [1.82, 2.24) is 4.90 Å². The van der Waals surface area contributed by atoms with E-state index in [9.17, 15) is 9.59 Å². The predicted octanol–water partition coefficient (Wildman–Crippen LogP) is 5.70. The molecule has 0 saturated carbocycles. The van der Waals surface area contributed by atoms with E-state index in [0.717, 1.165) is 16.3 Å². The van der Waals surface area contributed by atoms with Crippen LogP contribution < -0.4 is 5.32 Å². The topological polar surface area (TPSA) is 75.7 Å². The van der Waals surface area contributed by atoms with Crippen LogP contribution in [0.5, 0.6) is 0 Å². The number of nitrogens with one attached hydrogen (secondary N) is 1. The second-order valence-electron chi connectivity index (χ2n) is 7.57. The molecule has 2 heterocycles. The lowest BCUT2D eigenvalue weighted by molar-refractivity contribution is 0.0756. The lowest BCUT2D eigenvalue weighted by Gasteiger charge is -2.18. The summed E-state index contributed by atoms with van der Waals surface area (Å²) < 4.78 is 11.4. The van der Waals surface area contributed by atoms with E-state index in [4.69, 9.17) is 8.83 Å². The van der Waals surface area contributed by atoms with Crippen LogP contribution >= 0.6 is 0 Å². The Kier molecular flexibility index (Phi) is 4.95. The summed E-state index contributed by atoms with van der Waals surface area (Å²) in [5.41, 5.74) is 2.73. The van der Waals surface area contributed by atoms with E-state index in [1.807, 2.05) is 66.7 Å². The maximum absolute atomic E-state index is 12.9. The minimum absolute atomic E-state index is 0.229. The maximum Gasteiger partial charge on any atom is 0.291 e. The highest BCUT2D eigenvalue weighted by atomic mass is 16.4. The first kappa shape index (κ1) is 19.6. The Morgan fingerprint density at radius 1 is 0.781 bits per heavy atom. The van der Waals surface area contributed by atoms with Crippen molar-refractivity contribution < 1.29 is 18.4 Å². The van der Waals surface area contributed by atoms with Crippen molar-refractivity contribution in [2.45, 2.75) is 6.54 Å². The normalized spacial score (nSPS) is 11.0. The van der Waals surface area contributed by atoms with Crippen molar-refractivity contribution in [3.05, 3.63) is 102 Å².